The number of hydrogen-bond donors (Lipinski definition) is 0. The monoisotopic (exact) mass is 337 g/mol. The van der Waals surface area contributed by atoms with E-state index in [1.807, 2.05) is 24.8 Å². The molecule has 0 saturated carbocycles. The lowest BCUT2D eigenvalue weighted by molar-refractivity contribution is 0.0745. The average Bonchev–Trinajstić information content (AvgIpc) is 2.94. The van der Waals surface area contributed by atoms with Crippen LogP contribution >= 0.6 is 0 Å². The van der Waals surface area contributed by atoms with E-state index in [9.17, 15) is 4.79 Å². The van der Waals surface area contributed by atoms with Gasteiger partial charge in [-0.3, -0.25) is 4.79 Å². The molecule has 0 aromatic carbocycles. The van der Waals surface area contributed by atoms with E-state index in [2.05, 4.69) is 27.4 Å². The van der Waals surface area contributed by atoms with Crippen LogP contribution in [-0.4, -0.2) is 46.5 Å². The lowest BCUT2D eigenvalue weighted by atomic mass is 10.2. The van der Waals surface area contributed by atoms with Crippen LogP contribution in [-0.2, 0) is 6.54 Å². The van der Waals surface area contributed by atoms with Crippen molar-refractivity contribution in [2.24, 2.45) is 0 Å². The molecule has 6 nitrogen and oxygen atoms in total. The third-order valence-corrected chi connectivity index (χ3v) is 4.89. The Labute approximate surface area is 148 Å². The first-order valence-corrected chi connectivity index (χ1v) is 8.62. The number of amides is 1. The SMILES string of the molecule is CCn1c(C)cc(C(=O)N2CCN(c3cc(C#N)ccn3)CC2)c1C. The molecule has 0 bridgehead atoms. The Kier molecular flexibility index (Phi) is 4.75. The van der Waals surface area contributed by atoms with Crippen molar-refractivity contribution in [2.45, 2.75) is 27.3 Å². The number of aryl methyl sites for hydroxylation is 1. The number of aromatic nitrogens is 2. The standard InChI is InChI=1S/C19H23N5O/c1-4-24-14(2)11-17(15(24)3)19(25)23-9-7-22(8-10-23)18-12-16(13-20)5-6-21-18/h5-6,11-12H,4,7-10H2,1-3H3. The predicted octanol–water partition coefficient (Wildman–Crippen LogP) is 2.35. The fourth-order valence-electron chi connectivity index (χ4n) is 3.47. The van der Waals surface area contributed by atoms with E-state index in [1.54, 1.807) is 18.3 Å². The Morgan fingerprint density at radius 1 is 1.24 bits per heavy atom. The van der Waals surface area contributed by atoms with Crippen LogP contribution in [0.5, 0.6) is 0 Å². The summed E-state index contributed by atoms with van der Waals surface area (Å²) in [6, 6.07) is 7.63. The van der Waals surface area contributed by atoms with Crippen molar-refractivity contribution in [3.63, 3.8) is 0 Å². The zero-order chi connectivity index (χ0) is 18.0. The fourth-order valence-corrected chi connectivity index (χ4v) is 3.47. The molecule has 0 N–H and O–H groups in total. The lowest BCUT2D eigenvalue weighted by Crippen LogP contribution is -2.49. The Hall–Kier alpha value is -2.81. The van der Waals surface area contributed by atoms with Crippen LogP contribution in [0.1, 0.15) is 34.2 Å². The van der Waals surface area contributed by atoms with Crippen molar-refractivity contribution in [1.29, 1.82) is 5.26 Å². The molecule has 1 fully saturated rings. The molecule has 0 radical (unpaired) electrons. The van der Waals surface area contributed by atoms with Crippen LogP contribution in [0.4, 0.5) is 5.82 Å². The van der Waals surface area contributed by atoms with Gasteiger partial charge >= 0.3 is 0 Å². The highest BCUT2D eigenvalue weighted by Gasteiger charge is 2.25. The molecule has 0 unspecified atom stereocenters. The van der Waals surface area contributed by atoms with E-state index in [0.29, 0.717) is 18.7 Å². The van der Waals surface area contributed by atoms with Gasteiger partial charge < -0.3 is 14.4 Å². The number of carbonyl (C=O) groups is 1. The lowest BCUT2D eigenvalue weighted by Gasteiger charge is -2.35. The van der Waals surface area contributed by atoms with Gasteiger partial charge in [0.15, 0.2) is 0 Å². The van der Waals surface area contributed by atoms with Gasteiger partial charge in [0.05, 0.1) is 17.2 Å². The van der Waals surface area contributed by atoms with Gasteiger partial charge in [0.2, 0.25) is 0 Å². The minimum atomic E-state index is 0.103. The summed E-state index contributed by atoms with van der Waals surface area (Å²) in [7, 11) is 0. The second-order valence-electron chi connectivity index (χ2n) is 6.32. The molecule has 130 valence electrons. The van der Waals surface area contributed by atoms with Crippen LogP contribution in [0, 0.1) is 25.2 Å². The van der Waals surface area contributed by atoms with E-state index in [0.717, 1.165) is 42.4 Å². The summed E-state index contributed by atoms with van der Waals surface area (Å²) in [5.74, 6) is 0.904. The third kappa shape index (κ3) is 3.22. The molecule has 0 spiro atoms. The molecular formula is C19H23N5O. The maximum absolute atomic E-state index is 12.9. The zero-order valence-electron chi connectivity index (χ0n) is 15.0. The van der Waals surface area contributed by atoms with Crippen molar-refractivity contribution < 1.29 is 4.79 Å². The van der Waals surface area contributed by atoms with E-state index < -0.39 is 0 Å². The number of nitriles is 1. The molecule has 3 heterocycles. The molecule has 3 rings (SSSR count). The molecule has 2 aromatic rings. The molecule has 1 aliphatic heterocycles. The first-order valence-electron chi connectivity index (χ1n) is 8.62. The molecule has 2 aromatic heterocycles. The molecule has 6 heteroatoms. The zero-order valence-corrected chi connectivity index (χ0v) is 15.0. The summed E-state index contributed by atoms with van der Waals surface area (Å²) >= 11 is 0. The van der Waals surface area contributed by atoms with Crippen LogP contribution in [0.25, 0.3) is 0 Å². The van der Waals surface area contributed by atoms with Gasteiger partial charge in [-0.25, -0.2) is 4.98 Å². The maximum Gasteiger partial charge on any atom is 0.255 e. The molecule has 1 saturated heterocycles. The fraction of sp³-hybridized carbons (Fsp3) is 0.421. The summed E-state index contributed by atoms with van der Waals surface area (Å²) in [6.07, 6.45) is 1.66. The van der Waals surface area contributed by atoms with Crippen molar-refractivity contribution in [3.8, 4) is 6.07 Å². The summed E-state index contributed by atoms with van der Waals surface area (Å²) in [5, 5.41) is 9.02. The minimum absolute atomic E-state index is 0.103. The molecule has 25 heavy (non-hydrogen) atoms. The van der Waals surface area contributed by atoms with Gasteiger partial charge in [-0.1, -0.05) is 0 Å². The molecular weight excluding hydrogens is 314 g/mol. The first-order chi connectivity index (χ1) is 12.0. The van der Waals surface area contributed by atoms with Gasteiger partial charge in [0, 0.05) is 50.3 Å². The second-order valence-corrected chi connectivity index (χ2v) is 6.32. The molecule has 1 aliphatic rings. The highest BCUT2D eigenvalue weighted by atomic mass is 16.2. The molecule has 0 atom stereocenters. The van der Waals surface area contributed by atoms with Crippen LogP contribution < -0.4 is 4.90 Å². The number of piperazine rings is 1. The van der Waals surface area contributed by atoms with E-state index >= 15 is 0 Å². The molecule has 1 amide bonds. The Bertz CT molecular complexity index is 825. The van der Waals surface area contributed by atoms with Crippen LogP contribution in [0.3, 0.4) is 0 Å². The number of nitrogens with zero attached hydrogens (tertiary/aromatic N) is 5. The highest BCUT2D eigenvalue weighted by Crippen LogP contribution is 2.20. The summed E-state index contributed by atoms with van der Waals surface area (Å²) in [5.41, 5.74) is 3.57. The first kappa shape index (κ1) is 17.0. The maximum atomic E-state index is 12.9. The number of hydrogen-bond acceptors (Lipinski definition) is 4. The Morgan fingerprint density at radius 2 is 1.96 bits per heavy atom. The topological polar surface area (TPSA) is 65.2 Å². The minimum Gasteiger partial charge on any atom is -0.353 e. The van der Waals surface area contributed by atoms with Gasteiger partial charge in [0.1, 0.15) is 5.82 Å². The largest absolute Gasteiger partial charge is 0.353 e. The van der Waals surface area contributed by atoms with Gasteiger partial charge in [-0.15, -0.1) is 0 Å². The summed E-state index contributed by atoms with van der Waals surface area (Å²) < 4.78 is 2.17. The summed E-state index contributed by atoms with van der Waals surface area (Å²) in [4.78, 5) is 21.3. The predicted molar refractivity (Wildman–Crippen MR) is 96.6 cm³/mol. The van der Waals surface area contributed by atoms with Crippen molar-refractivity contribution in [2.75, 3.05) is 31.1 Å². The van der Waals surface area contributed by atoms with Crippen molar-refractivity contribution in [3.05, 3.63) is 46.9 Å². The smallest absolute Gasteiger partial charge is 0.255 e. The van der Waals surface area contributed by atoms with Crippen molar-refractivity contribution in [1.82, 2.24) is 14.5 Å². The number of pyridine rings is 1. The quantitative estimate of drug-likeness (QED) is 0.862. The summed E-state index contributed by atoms with van der Waals surface area (Å²) in [6.45, 7) is 9.78. The normalized spacial score (nSPS) is 14.5. The van der Waals surface area contributed by atoms with E-state index in [-0.39, 0.29) is 5.91 Å². The highest BCUT2D eigenvalue weighted by molar-refractivity contribution is 5.96. The van der Waals surface area contributed by atoms with E-state index in [1.165, 1.54) is 0 Å². The van der Waals surface area contributed by atoms with Gasteiger partial charge in [-0.05, 0) is 39.0 Å². The Balaban J connectivity index is 1.70. The number of anilines is 1. The third-order valence-electron chi connectivity index (χ3n) is 4.89. The van der Waals surface area contributed by atoms with Crippen LogP contribution in [0.15, 0.2) is 24.4 Å². The van der Waals surface area contributed by atoms with Gasteiger partial charge in [-0.2, -0.15) is 5.26 Å². The van der Waals surface area contributed by atoms with Crippen molar-refractivity contribution >= 4 is 11.7 Å². The van der Waals surface area contributed by atoms with Gasteiger partial charge in [0.25, 0.3) is 5.91 Å². The number of carbonyl (C=O) groups excluding carboxylic acids is 1. The van der Waals surface area contributed by atoms with E-state index in [4.69, 9.17) is 5.26 Å². The molecule has 0 aliphatic carbocycles. The second kappa shape index (κ2) is 6.98. The number of rotatable bonds is 3. The Morgan fingerprint density at radius 3 is 2.56 bits per heavy atom. The van der Waals surface area contributed by atoms with Crippen LogP contribution in [0.2, 0.25) is 0 Å². The average molecular weight is 337 g/mol.